The van der Waals surface area contributed by atoms with Gasteiger partial charge in [-0.2, -0.15) is 9.90 Å². The van der Waals surface area contributed by atoms with E-state index in [2.05, 4.69) is 15.1 Å². The number of hydrogen-bond donors (Lipinski definition) is 1. The van der Waals surface area contributed by atoms with Gasteiger partial charge >= 0.3 is 0 Å². The normalized spacial score (nSPS) is 18.1. The topological polar surface area (TPSA) is 60.0 Å². The highest BCUT2D eigenvalue weighted by molar-refractivity contribution is 5.19. The Morgan fingerprint density at radius 2 is 2.00 bits per heavy atom. The molecule has 1 aromatic rings. The van der Waals surface area contributed by atoms with Gasteiger partial charge in [0.05, 0.1) is 12.7 Å². The smallest absolute Gasteiger partial charge is 0.165 e. The fourth-order valence-electron chi connectivity index (χ4n) is 2.04. The monoisotopic (exact) mass is 209 g/mol. The van der Waals surface area contributed by atoms with Gasteiger partial charge in [-0.1, -0.05) is 6.42 Å². The van der Waals surface area contributed by atoms with Crippen LogP contribution in [0.2, 0.25) is 0 Å². The van der Waals surface area contributed by atoms with E-state index in [0.717, 1.165) is 19.5 Å². The predicted octanol–water partition coefficient (Wildman–Crippen LogP) is 0.736. The molecule has 0 aromatic carbocycles. The van der Waals surface area contributed by atoms with Crippen LogP contribution >= 0.6 is 0 Å². The highest BCUT2D eigenvalue weighted by atomic mass is 15.5. The SMILES string of the molecule is Nc1cnn(CCCN2CCCCC2)n1. The molecule has 0 aliphatic carbocycles. The highest BCUT2D eigenvalue weighted by Gasteiger charge is 2.09. The molecule has 15 heavy (non-hydrogen) atoms. The third-order valence-corrected chi connectivity index (χ3v) is 2.84. The van der Waals surface area contributed by atoms with Gasteiger partial charge in [0.25, 0.3) is 0 Å². The zero-order chi connectivity index (χ0) is 10.5. The Labute approximate surface area is 90.2 Å². The van der Waals surface area contributed by atoms with Crippen molar-refractivity contribution >= 4 is 5.82 Å². The molecular formula is C10H19N5. The van der Waals surface area contributed by atoms with Crippen molar-refractivity contribution in [1.82, 2.24) is 19.9 Å². The molecule has 2 rings (SSSR count). The Balaban J connectivity index is 1.65. The molecule has 1 saturated heterocycles. The van der Waals surface area contributed by atoms with Gasteiger partial charge < -0.3 is 10.6 Å². The largest absolute Gasteiger partial charge is 0.381 e. The molecule has 5 nitrogen and oxygen atoms in total. The zero-order valence-corrected chi connectivity index (χ0v) is 9.10. The fraction of sp³-hybridized carbons (Fsp3) is 0.800. The van der Waals surface area contributed by atoms with Gasteiger partial charge in [0.1, 0.15) is 0 Å². The number of hydrogen-bond acceptors (Lipinski definition) is 4. The van der Waals surface area contributed by atoms with Crippen LogP contribution < -0.4 is 5.73 Å². The summed E-state index contributed by atoms with van der Waals surface area (Å²) in [5.74, 6) is 0.507. The summed E-state index contributed by atoms with van der Waals surface area (Å²) in [5.41, 5.74) is 5.49. The first kappa shape index (κ1) is 10.4. The maximum Gasteiger partial charge on any atom is 0.165 e. The van der Waals surface area contributed by atoms with Crippen molar-refractivity contribution in [1.29, 1.82) is 0 Å². The molecule has 0 unspecified atom stereocenters. The van der Waals surface area contributed by atoms with E-state index in [0.29, 0.717) is 5.82 Å². The third kappa shape index (κ3) is 3.20. The van der Waals surface area contributed by atoms with Crippen LogP contribution in [-0.4, -0.2) is 39.5 Å². The number of nitrogens with zero attached hydrogens (tertiary/aromatic N) is 4. The van der Waals surface area contributed by atoms with Crippen molar-refractivity contribution in [2.45, 2.75) is 32.2 Å². The summed E-state index contributed by atoms with van der Waals surface area (Å²) in [7, 11) is 0. The molecule has 1 aliphatic heterocycles. The molecule has 1 aromatic heterocycles. The second-order valence-corrected chi connectivity index (χ2v) is 4.12. The van der Waals surface area contributed by atoms with Crippen LogP contribution in [0.25, 0.3) is 0 Å². The van der Waals surface area contributed by atoms with Crippen LogP contribution in [-0.2, 0) is 6.54 Å². The molecular weight excluding hydrogens is 190 g/mol. The first-order chi connectivity index (χ1) is 7.34. The summed E-state index contributed by atoms with van der Waals surface area (Å²) >= 11 is 0. The number of nitrogen functional groups attached to an aromatic ring is 1. The van der Waals surface area contributed by atoms with Gasteiger partial charge in [0.2, 0.25) is 0 Å². The molecule has 2 N–H and O–H groups in total. The lowest BCUT2D eigenvalue weighted by Crippen LogP contribution is -2.31. The van der Waals surface area contributed by atoms with Crippen molar-refractivity contribution in [3.8, 4) is 0 Å². The first-order valence-corrected chi connectivity index (χ1v) is 5.72. The van der Waals surface area contributed by atoms with Crippen LogP contribution in [0.3, 0.4) is 0 Å². The number of aromatic nitrogens is 3. The minimum atomic E-state index is 0.507. The number of nitrogens with two attached hydrogens (primary N) is 1. The Morgan fingerprint density at radius 1 is 1.20 bits per heavy atom. The van der Waals surface area contributed by atoms with Crippen molar-refractivity contribution < 1.29 is 0 Å². The highest BCUT2D eigenvalue weighted by Crippen LogP contribution is 2.08. The summed E-state index contributed by atoms with van der Waals surface area (Å²) in [6.07, 6.45) is 6.81. The minimum absolute atomic E-state index is 0.507. The molecule has 84 valence electrons. The predicted molar refractivity (Wildman–Crippen MR) is 59.3 cm³/mol. The summed E-state index contributed by atoms with van der Waals surface area (Å²) in [6.45, 7) is 4.54. The molecule has 0 amide bonds. The number of piperidine rings is 1. The Bertz CT molecular complexity index is 290. The van der Waals surface area contributed by atoms with E-state index >= 15 is 0 Å². The van der Waals surface area contributed by atoms with E-state index < -0.39 is 0 Å². The van der Waals surface area contributed by atoms with Crippen molar-refractivity contribution in [3.63, 3.8) is 0 Å². The van der Waals surface area contributed by atoms with E-state index in [1.54, 1.807) is 11.0 Å². The molecule has 1 fully saturated rings. The van der Waals surface area contributed by atoms with Gasteiger partial charge in [-0.3, -0.25) is 0 Å². The average Bonchev–Trinajstić information content (AvgIpc) is 2.66. The number of likely N-dealkylation sites (tertiary alicyclic amines) is 1. The molecule has 0 saturated carbocycles. The Kier molecular flexibility index (Phi) is 3.55. The standard InChI is InChI=1S/C10H19N5/c11-10-9-12-15(13-10)8-4-7-14-5-2-1-3-6-14/h9H,1-8H2,(H2,11,13). The van der Waals surface area contributed by atoms with Crippen LogP contribution in [0.15, 0.2) is 6.20 Å². The lowest BCUT2D eigenvalue weighted by atomic mass is 10.1. The van der Waals surface area contributed by atoms with Crippen LogP contribution in [0, 0.1) is 0 Å². The van der Waals surface area contributed by atoms with Gasteiger partial charge in [-0.05, 0) is 38.9 Å². The molecule has 1 aliphatic rings. The van der Waals surface area contributed by atoms with Crippen LogP contribution in [0.4, 0.5) is 5.82 Å². The fourth-order valence-corrected chi connectivity index (χ4v) is 2.04. The van der Waals surface area contributed by atoms with Gasteiger partial charge in [0.15, 0.2) is 5.82 Å². The van der Waals surface area contributed by atoms with Crippen LogP contribution in [0.1, 0.15) is 25.7 Å². The summed E-state index contributed by atoms with van der Waals surface area (Å²) in [4.78, 5) is 4.20. The zero-order valence-electron chi connectivity index (χ0n) is 9.10. The molecule has 0 radical (unpaired) electrons. The maximum atomic E-state index is 5.49. The molecule has 0 bridgehead atoms. The molecule has 0 spiro atoms. The molecule has 2 heterocycles. The quantitative estimate of drug-likeness (QED) is 0.794. The van der Waals surface area contributed by atoms with E-state index in [1.807, 2.05) is 0 Å². The first-order valence-electron chi connectivity index (χ1n) is 5.72. The second kappa shape index (κ2) is 5.11. The van der Waals surface area contributed by atoms with E-state index in [1.165, 1.54) is 32.4 Å². The van der Waals surface area contributed by atoms with Crippen molar-refractivity contribution in [2.24, 2.45) is 0 Å². The van der Waals surface area contributed by atoms with E-state index in [9.17, 15) is 0 Å². The average molecular weight is 209 g/mol. The lowest BCUT2D eigenvalue weighted by molar-refractivity contribution is 0.220. The molecule has 0 atom stereocenters. The maximum absolute atomic E-state index is 5.49. The summed E-state index contributed by atoms with van der Waals surface area (Å²) < 4.78 is 0. The van der Waals surface area contributed by atoms with Crippen molar-refractivity contribution in [2.75, 3.05) is 25.4 Å². The van der Waals surface area contributed by atoms with Gasteiger partial charge in [-0.15, -0.1) is 5.10 Å². The van der Waals surface area contributed by atoms with E-state index in [4.69, 9.17) is 5.73 Å². The van der Waals surface area contributed by atoms with Crippen molar-refractivity contribution in [3.05, 3.63) is 6.20 Å². The minimum Gasteiger partial charge on any atom is -0.381 e. The van der Waals surface area contributed by atoms with Crippen LogP contribution in [0.5, 0.6) is 0 Å². The van der Waals surface area contributed by atoms with Gasteiger partial charge in [0, 0.05) is 0 Å². The van der Waals surface area contributed by atoms with E-state index in [-0.39, 0.29) is 0 Å². The Hall–Kier alpha value is -1.10. The van der Waals surface area contributed by atoms with Gasteiger partial charge in [-0.25, -0.2) is 0 Å². The number of anilines is 1. The third-order valence-electron chi connectivity index (χ3n) is 2.84. The number of aryl methyl sites for hydroxylation is 1. The summed E-state index contributed by atoms with van der Waals surface area (Å²) in [6, 6.07) is 0. The Morgan fingerprint density at radius 3 is 2.67 bits per heavy atom. The second-order valence-electron chi connectivity index (χ2n) is 4.12. The lowest BCUT2D eigenvalue weighted by Gasteiger charge is -2.26. The molecule has 5 heteroatoms. The summed E-state index contributed by atoms with van der Waals surface area (Å²) in [5, 5.41) is 8.12. The number of rotatable bonds is 4.